The average Bonchev–Trinajstić information content (AvgIpc) is 2.66. The van der Waals surface area contributed by atoms with Crippen molar-refractivity contribution in [3.8, 4) is 0 Å². The molecule has 3 nitrogen and oxygen atoms in total. The first kappa shape index (κ1) is 11.3. The lowest BCUT2D eigenvalue weighted by Gasteiger charge is -1.95. The summed E-state index contributed by atoms with van der Waals surface area (Å²) >= 11 is 1.86. The molecule has 2 N–H and O–H groups in total. The smallest absolute Gasteiger partial charge is 0.205 e. The molecular weight excluding hydrogens is 220 g/mol. The zero-order valence-corrected chi connectivity index (χ0v) is 10.2. The van der Waals surface area contributed by atoms with Crippen LogP contribution < -0.4 is 5.73 Å². The maximum atomic E-state index is 5.69. The van der Waals surface area contributed by atoms with Crippen LogP contribution in [-0.2, 0) is 5.75 Å². The maximum Gasteiger partial charge on any atom is 0.205 e. The molecule has 0 amide bonds. The van der Waals surface area contributed by atoms with E-state index in [9.17, 15) is 0 Å². The van der Waals surface area contributed by atoms with E-state index in [1.54, 1.807) is 0 Å². The fraction of sp³-hybridized carbons (Fsp3) is 0.417. The highest BCUT2D eigenvalue weighted by atomic mass is 32.2. The van der Waals surface area contributed by atoms with Gasteiger partial charge < -0.3 is 10.2 Å². The number of hydrogen-bond acceptors (Lipinski definition) is 4. The van der Waals surface area contributed by atoms with Gasteiger partial charge in [0, 0.05) is 5.69 Å². The van der Waals surface area contributed by atoms with Crippen molar-refractivity contribution >= 4 is 28.5 Å². The van der Waals surface area contributed by atoms with Crippen molar-refractivity contribution < 1.29 is 4.42 Å². The molecule has 0 saturated carbocycles. The number of fused-ring (bicyclic) bond motifs is 1. The summed E-state index contributed by atoms with van der Waals surface area (Å²) in [6.07, 6.45) is 2.48. The molecule has 4 heteroatoms. The van der Waals surface area contributed by atoms with Crippen LogP contribution in [0.15, 0.2) is 22.6 Å². The molecule has 0 fully saturated rings. The van der Waals surface area contributed by atoms with Gasteiger partial charge in [0.2, 0.25) is 5.89 Å². The van der Waals surface area contributed by atoms with E-state index in [0.717, 1.165) is 34.2 Å². The minimum absolute atomic E-state index is 0.728. The maximum absolute atomic E-state index is 5.69. The van der Waals surface area contributed by atoms with Gasteiger partial charge in [0.15, 0.2) is 5.58 Å². The molecule has 0 aliphatic carbocycles. The quantitative estimate of drug-likeness (QED) is 0.638. The second-order valence-corrected chi connectivity index (χ2v) is 4.85. The zero-order chi connectivity index (χ0) is 11.4. The number of anilines is 1. The van der Waals surface area contributed by atoms with Crippen LogP contribution in [0.25, 0.3) is 11.1 Å². The minimum atomic E-state index is 0.728. The molecule has 1 aromatic carbocycles. The van der Waals surface area contributed by atoms with E-state index in [1.165, 1.54) is 12.8 Å². The predicted molar refractivity (Wildman–Crippen MR) is 69.5 cm³/mol. The highest BCUT2D eigenvalue weighted by molar-refractivity contribution is 7.98. The molecule has 1 heterocycles. The van der Waals surface area contributed by atoms with Gasteiger partial charge in [0.05, 0.1) is 5.75 Å². The van der Waals surface area contributed by atoms with E-state index < -0.39 is 0 Å². The molecule has 0 radical (unpaired) electrons. The van der Waals surface area contributed by atoms with E-state index >= 15 is 0 Å². The van der Waals surface area contributed by atoms with Gasteiger partial charge in [-0.3, -0.25) is 0 Å². The van der Waals surface area contributed by atoms with Crippen molar-refractivity contribution in [3.63, 3.8) is 0 Å². The summed E-state index contributed by atoms with van der Waals surface area (Å²) in [6.45, 7) is 2.20. The molecule has 0 atom stereocenters. The highest BCUT2D eigenvalue weighted by Gasteiger charge is 2.05. The van der Waals surface area contributed by atoms with Gasteiger partial charge >= 0.3 is 0 Å². The number of thioether (sulfide) groups is 1. The standard InChI is InChI=1S/C12H16N2OS/c1-2-3-6-16-8-12-14-10-7-9(13)4-5-11(10)15-12/h4-5,7H,2-3,6,8,13H2,1H3. The minimum Gasteiger partial charge on any atom is -0.440 e. The predicted octanol–water partition coefficient (Wildman–Crippen LogP) is 3.44. The van der Waals surface area contributed by atoms with E-state index in [4.69, 9.17) is 10.2 Å². The van der Waals surface area contributed by atoms with Crippen molar-refractivity contribution in [2.24, 2.45) is 0 Å². The third-order valence-corrected chi connectivity index (χ3v) is 3.35. The second kappa shape index (κ2) is 5.25. The number of unbranched alkanes of at least 4 members (excludes halogenated alkanes) is 1. The first-order valence-corrected chi connectivity index (χ1v) is 6.67. The molecule has 2 rings (SSSR count). The van der Waals surface area contributed by atoms with Crippen LogP contribution in [0.1, 0.15) is 25.7 Å². The number of nitrogens with zero attached hydrogens (tertiary/aromatic N) is 1. The Morgan fingerprint density at radius 3 is 3.12 bits per heavy atom. The third-order valence-electron chi connectivity index (χ3n) is 2.32. The Morgan fingerprint density at radius 2 is 2.31 bits per heavy atom. The van der Waals surface area contributed by atoms with E-state index in [-0.39, 0.29) is 0 Å². The van der Waals surface area contributed by atoms with Crippen molar-refractivity contribution in [1.82, 2.24) is 4.98 Å². The summed E-state index contributed by atoms with van der Waals surface area (Å²) in [4.78, 5) is 4.40. The van der Waals surface area contributed by atoms with Gasteiger partial charge in [-0.25, -0.2) is 4.98 Å². The number of aromatic nitrogens is 1. The molecule has 0 aliphatic heterocycles. The number of nitrogens with two attached hydrogens (primary N) is 1. The molecule has 86 valence electrons. The molecule has 2 aromatic rings. The number of hydrogen-bond donors (Lipinski definition) is 1. The van der Waals surface area contributed by atoms with Crippen LogP contribution in [-0.4, -0.2) is 10.7 Å². The average molecular weight is 236 g/mol. The van der Waals surface area contributed by atoms with Gasteiger partial charge in [-0.05, 0) is 30.4 Å². The van der Waals surface area contributed by atoms with Gasteiger partial charge in [-0.2, -0.15) is 11.8 Å². The van der Waals surface area contributed by atoms with Crippen LogP contribution in [0, 0.1) is 0 Å². The fourth-order valence-electron chi connectivity index (χ4n) is 1.46. The van der Waals surface area contributed by atoms with E-state index in [2.05, 4.69) is 11.9 Å². The van der Waals surface area contributed by atoms with Crippen molar-refractivity contribution in [2.45, 2.75) is 25.5 Å². The van der Waals surface area contributed by atoms with Gasteiger partial charge in [0.1, 0.15) is 5.52 Å². The first-order valence-electron chi connectivity index (χ1n) is 5.52. The Bertz CT molecular complexity index is 467. The Morgan fingerprint density at radius 1 is 1.44 bits per heavy atom. The third kappa shape index (κ3) is 2.70. The van der Waals surface area contributed by atoms with Crippen LogP contribution in [0.4, 0.5) is 5.69 Å². The molecule has 0 bridgehead atoms. The lowest BCUT2D eigenvalue weighted by atomic mass is 10.3. The van der Waals surface area contributed by atoms with Gasteiger partial charge in [0.25, 0.3) is 0 Å². The summed E-state index contributed by atoms with van der Waals surface area (Å²) in [5, 5.41) is 0. The Labute approximate surface area is 99.4 Å². The summed E-state index contributed by atoms with van der Waals surface area (Å²) in [5.74, 6) is 2.80. The summed E-state index contributed by atoms with van der Waals surface area (Å²) < 4.78 is 5.62. The second-order valence-electron chi connectivity index (χ2n) is 3.74. The SMILES string of the molecule is CCCCSCc1nc2cc(N)ccc2o1. The van der Waals surface area contributed by atoms with E-state index in [1.807, 2.05) is 30.0 Å². The summed E-state index contributed by atoms with van der Waals surface area (Å²) in [7, 11) is 0. The fourth-order valence-corrected chi connectivity index (χ4v) is 2.40. The lowest BCUT2D eigenvalue weighted by Crippen LogP contribution is -1.83. The largest absolute Gasteiger partial charge is 0.440 e. The van der Waals surface area contributed by atoms with Gasteiger partial charge in [-0.15, -0.1) is 0 Å². The van der Waals surface area contributed by atoms with Crippen LogP contribution >= 0.6 is 11.8 Å². The molecule has 0 unspecified atom stereocenters. The first-order chi connectivity index (χ1) is 7.79. The molecule has 0 saturated heterocycles. The molecule has 0 spiro atoms. The molecule has 16 heavy (non-hydrogen) atoms. The Hall–Kier alpha value is -1.16. The molecule has 0 aliphatic rings. The number of nitrogen functional groups attached to an aromatic ring is 1. The van der Waals surface area contributed by atoms with Gasteiger partial charge in [-0.1, -0.05) is 13.3 Å². The van der Waals surface area contributed by atoms with Crippen molar-refractivity contribution in [3.05, 3.63) is 24.1 Å². The monoisotopic (exact) mass is 236 g/mol. The van der Waals surface area contributed by atoms with Crippen molar-refractivity contribution in [2.75, 3.05) is 11.5 Å². The van der Waals surface area contributed by atoms with Crippen LogP contribution in [0.3, 0.4) is 0 Å². The lowest BCUT2D eigenvalue weighted by molar-refractivity contribution is 0.556. The summed E-state index contributed by atoms with van der Waals surface area (Å²) in [6, 6.07) is 5.55. The zero-order valence-electron chi connectivity index (χ0n) is 9.40. The van der Waals surface area contributed by atoms with Crippen LogP contribution in [0.5, 0.6) is 0 Å². The molecule has 1 aromatic heterocycles. The number of benzene rings is 1. The van der Waals surface area contributed by atoms with Crippen LogP contribution in [0.2, 0.25) is 0 Å². The number of oxazole rings is 1. The normalized spacial score (nSPS) is 11.1. The Balaban J connectivity index is 2.02. The van der Waals surface area contributed by atoms with E-state index in [0.29, 0.717) is 0 Å². The Kier molecular flexibility index (Phi) is 3.72. The topological polar surface area (TPSA) is 52.0 Å². The highest BCUT2D eigenvalue weighted by Crippen LogP contribution is 2.21. The number of rotatable bonds is 5. The molecular formula is C12H16N2OS. The van der Waals surface area contributed by atoms with Crippen molar-refractivity contribution in [1.29, 1.82) is 0 Å². The summed E-state index contributed by atoms with van der Waals surface area (Å²) in [5.41, 5.74) is 8.09.